The lowest BCUT2D eigenvalue weighted by atomic mass is 10.1. The first-order valence-electron chi connectivity index (χ1n) is 7.93. The lowest BCUT2D eigenvalue weighted by Gasteiger charge is -2.25. The van der Waals surface area contributed by atoms with E-state index in [1.54, 1.807) is 0 Å². The summed E-state index contributed by atoms with van der Waals surface area (Å²) in [5, 5.41) is 0. The molecule has 0 spiro atoms. The Bertz CT molecular complexity index is 363. The number of unbranched alkanes of at least 4 members (excludes halogenated alkanes) is 2. The molecule has 0 saturated carbocycles. The van der Waals surface area contributed by atoms with Crippen LogP contribution in [0.5, 0.6) is 0 Å². The largest absolute Gasteiger partial charge is 0.372 e. The number of anilines is 1. The van der Waals surface area contributed by atoms with Crippen LogP contribution in [0, 0.1) is 0 Å². The summed E-state index contributed by atoms with van der Waals surface area (Å²) >= 11 is 0. The number of hydrogen-bond donors (Lipinski definition) is 0. The minimum atomic E-state index is -0.163. The van der Waals surface area contributed by atoms with Crippen molar-refractivity contribution >= 4 is 5.69 Å². The third-order valence-electron chi connectivity index (χ3n) is 3.72. The standard InChI is InChI=1S/C17H27NO2/c1-3-5-11-18(12-6-4-2)16-9-7-15(8-10-16)17-19-13-14-20-17/h7-10,17H,3-6,11-14H2,1-2H3. The highest BCUT2D eigenvalue weighted by Crippen LogP contribution is 2.25. The van der Waals surface area contributed by atoms with Crippen molar-refractivity contribution in [3.63, 3.8) is 0 Å². The van der Waals surface area contributed by atoms with Gasteiger partial charge in [0.15, 0.2) is 6.29 Å². The molecule has 1 aromatic rings. The summed E-state index contributed by atoms with van der Waals surface area (Å²) in [6, 6.07) is 8.67. The smallest absolute Gasteiger partial charge is 0.184 e. The fraction of sp³-hybridized carbons (Fsp3) is 0.647. The first-order chi connectivity index (χ1) is 9.85. The van der Waals surface area contributed by atoms with E-state index >= 15 is 0 Å². The van der Waals surface area contributed by atoms with Crippen LogP contribution in [-0.2, 0) is 9.47 Å². The molecule has 1 aliphatic rings. The maximum atomic E-state index is 5.53. The molecule has 0 aromatic heterocycles. The van der Waals surface area contributed by atoms with E-state index in [0.29, 0.717) is 13.2 Å². The van der Waals surface area contributed by atoms with Crippen LogP contribution in [0.3, 0.4) is 0 Å². The van der Waals surface area contributed by atoms with Gasteiger partial charge in [-0.15, -0.1) is 0 Å². The summed E-state index contributed by atoms with van der Waals surface area (Å²) in [5.74, 6) is 0. The monoisotopic (exact) mass is 277 g/mol. The van der Waals surface area contributed by atoms with Crippen LogP contribution in [0.1, 0.15) is 51.4 Å². The molecule has 3 heteroatoms. The van der Waals surface area contributed by atoms with Crippen molar-refractivity contribution in [1.82, 2.24) is 0 Å². The molecule has 2 rings (SSSR count). The van der Waals surface area contributed by atoms with Gasteiger partial charge in [0.2, 0.25) is 0 Å². The lowest BCUT2D eigenvalue weighted by Crippen LogP contribution is -2.25. The van der Waals surface area contributed by atoms with Crippen molar-refractivity contribution in [1.29, 1.82) is 0 Å². The molecule has 20 heavy (non-hydrogen) atoms. The summed E-state index contributed by atoms with van der Waals surface area (Å²) in [6.45, 7) is 8.18. The van der Waals surface area contributed by atoms with Crippen molar-refractivity contribution in [3.05, 3.63) is 29.8 Å². The Balaban J connectivity index is 1.99. The Kier molecular flexibility index (Phi) is 6.34. The number of ether oxygens (including phenoxy) is 2. The Morgan fingerprint density at radius 1 is 0.950 bits per heavy atom. The maximum Gasteiger partial charge on any atom is 0.184 e. The SMILES string of the molecule is CCCCN(CCCC)c1ccc(C2OCCO2)cc1. The summed E-state index contributed by atoms with van der Waals surface area (Å²) in [4.78, 5) is 2.49. The summed E-state index contributed by atoms with van der Waals surface area (Å²) in [6.07, 6.45) is 4.82. The van der Waals surface area contributed by atoms with E-state index < -0.39 is 0 Å². The molecule has 0 amide bonds. The normalized spacial score (nSPS) is 15.7. The van der Waals surface area contributed by atoms with Gasteiger partial charge in [-0.3, -0.25) is 0 Å². The van der Waals surface area contributed by atoms with Crippen LogP contribution in [0.25, 0.3) is 0 Å². The second kappa shape index (κ2) is 8.28. The van der Waals surface area contributed by atoms with Gasteiger partial charge in [-0.25, -0.2) is 0 Å². The number of nitrogens with zero attached hydrogens (tertiary/aromatic N) is 1. The van der Waals surface area contributed by atoms with Gasteiger partial charge in [0.1, 0.15) is 0 Å². The van der Waals surface area contributed by atoms with Crippen LogP contribution in [0.15, 0.2) is 24.3 Å². The quantitative estimate of drug-likeness (QED) is 0.713. The molecule has 1 heterocycles. The zero-order chi connectivity index (χ0) is 14.2. The van der Waals surface area contributed by atoms with Gasteiger partial charge >= 0.3 is 0 Å². The van der Waals surface area contributed by atoms with Crippen molar-refractivity contribution in [2.24, 2.45) is 0 Å². The lowest BCUT2D eigenvalue weighted by molar-refractivity contribution is -0.0441. The van der Waals surface area contributed by atoms with E-state index in [9.17, 15) is 0 Å². The predicted molar refractivity (Wildman–Crippen MR) is 83.1 cm³/mol. The second-order valence-electron chi connectivity index (χ2n) is 5.36. The molecule has 1 aliphatic heterocycles. The van der Waals surface area contributed by atoms with Crippen LogP contribution in [0.4, 0.5) is 5.69 Å². The minimum absolute atomic E-state index is 0.163. The third kappa shape index (κ3) is 4.22. The summed E-state index contributed by atoms with van der Waals surface area (Å²) in [7, 11) is 0. The molecular formula is C17H27NO2. The van der Waals surface area contributed by atoms with Crippen molar-refractivity contribution in [3.8, 4) is 0 Å². The molecule has 3 nitrogen and oxygen atoms in total. The molecule has 1 saturated heterocycles. The molecule has 112 valence electrons. The fourth-order valence-electron chi connectivity index (χ4n) is 2.46. The summed E-state index contributed by atoms with van der Waals surface area (Å²) < 4.78 is 11.1. The zero-order valence-corrected chi connectivity index (χ0v) is 12.8. The van der Waals surface area contributed by atoms with Crippen LogP contribution in [0.2, 0.25) is 0 Å². The minimum Gasteiger partial charge on any atom is -0.372 e. The molecule has 1 aromatic carbocycles. The van der Waals surface area contributed by atoms with E-state index in [0.717, 1.165) is 18.7 Å². The van der Waals surface area contributed by atoms with Gasteiger partial charge in [0.25, 0.3) is 0 Å². The number of benzene rings is 1. The Labute approximate surface area is 122 Å². The molecule has 0 atom stereocenters. The predicted octanol–water partition coefficient (Wildman–Crippen LogP) is 4.14. The van der Waals surface area contributed by atoms with Gasteiger partial charge in [-0.1, -0.05) is 38.8 Å². The number of hydrogen-bond acceptors (Lipinski definition) is 3. The first kappa shape index (κ1) is 15.3. The molecule has 0 aliphatic carbocycles. The molecule has 0 bridgehead atoms. The zero-order valence-electron chi connectivity index (χ0n) is 12.8. The highest BCUT2D eigenvalue weighted by Gasteiger charge is 2.18. The van der Waals surface area contributed by atoms with E-state index in [2.05, 4.69) is 43.0 Å². The Morgan fingerprint density at radius 2 is 1.50 bits per heavy atom. The molecule has 0 radical (unpaired) electrons. The van der Waals surface area contributed by atoms with Crippen LogP contribution in [-0.4, -0.2) is 26.3 Å². The second-order valence-corrected chi connectivity index (χ2v) is 5.36. The maximum absolute atomic E-state index is 5.53. The van der Waals surface area contributed by atoms with E-state index in [1.165, 1.54) is 31.4 Å². The molecule has 0 unspecified atom stereocenters. The van der Waals surface area contributed by atoms with Crippen molar-refractivity contribution in [2.75, 3.05) is 31.2 Å². The molecular weight excluding hydrogens is 250 g/mol. The van der Waals surface area contributed by atoms with E-state index in [1.807, 2.05) is 0 Å². The van der Waals surface area contributed by atoms with Crippen molar-refractivity contribution in [2.45, 2.75) is 45.8 Å². The highest BCUT2D eigenvalue weighted by atomic mass is 16.7. The Hall–Kier alpha value is -1.06. The Morgan fingerprint density at radius 3 is 2.00 bits per heavy atom. The van der Waals surface area contributed by atoms with Gasteiger partial charge in [-0.05, 0) is 25.0 Å². The van der Waals surface area contributed by atoms with E-state index in [4.69, 9.17) is 9.47 Å². The van der Waals surface area contributed by atoms with Crippen LogP contribution >= 0.6 is 0 Å². The number of rotatable bonds is 8. The topological polar surface area (TPSA) is 21.7 Å². The molecule has 0 N–H and O–H groups in total. The van der Waals surface area contributed by atoms with Crippen LogP contribution < -0.4 is 4.90 Å². The average Bonchev–Trinajstić information content (AvgIpc) is 3.02. The van der Waals surface area contributed by atoms with Crippen molar-refractivity contribution < 1.29 is 9.47 Å². The van der Waals surface area contributed by atoms with Gasteiger partial charge in [-0.2, -0.15) is 0 Å². The third-order valence-corrected chi connectivity index (χ3v) is 3.72. The van der Waals surface area contributed by atoms with Gasteiger partial charge in [0.05, 0.1) is 13.2 Å². The first-order valence-corrected chi connectivity index (χ1v) is 7.93. The van der Waals surface area contributed by atoms with Gasteiger partial charge < -0.3 is 14.4 Å². The fourth-order valence-corrected chi connectivity index (χ4v) is 2.46. The summed E-state index contributed by atoms with van der Waals surface area (Å²) in [5.41, 5.74) is 2.44. The molecule has 1 fully saturated rings. The van der Waals surface area contributed by atoms with E-state index in [-0.39, 0.29) is 6.29 Å². The van der Waals surface area contributed by atoms with Gasteiger partial charge in [0, 0.05) is 24.3 Å². The highest BCUT2D eigenvalue weighted by molar-refractivity contribution is 5.47. The average molecular weight is 277 g/mol.